The normalized spacial score (nSPS) is 13.1. The number of aryl methyl sites for hydroxylation is 1. The number of rotatable bonds is 6. The Morgan fingerprint density at radius 3 is 2.68 bits per heavy atom. The first-order valence-corrected chi connectivity index (χ1v) is 8.12. The maximum absolute atomic E-state index is 10.1. The highest BCUT2D eigenvalue weighted by Crippen LogP contribution is 2.31. The molecule has 0 bridgehead atoms. The van der Waals surface area contributed by atoms with E-state index in [-0.39, 0.29) is 12.0 Å². The zero-order valence-corrected chi connectivity index (χ0v) is 14.2. The first-order chi connectivity index (χ1) is 10.4. The standard InChI is InChI=1S/C15H22N4O2S/c1-15(2,3)12-7-5-6-8-13(12)21-9-11(20)10-22-14-16-17-18-19(14)4/h5-8,11,20H,9-10H2,1-4H3. The molecule has 0 saturated carbocycles. The summed E-state index contributed by atoms with van der Waals surface area (Å²) in [5.74, 6) is 1.30. The van der Waals surface area contributed by atoms with Crippen molar-refractivity contribution in [3.8, 4) is 5.75 Å². The van der Waals surface area contributed by atoms with Crippen molar-refractivity contribution in [2.24, 2.45) is 7.05 Å². The van der Waals surface area contributed by atoms with Crippen LogP contribution < -0.4 is 4.74 Å². The number of aliphatic hydroxyl groups is 1. The quantitative estimate of drug-likeness (QED) is 0.821. The van der Waals surface area contributed by atoms with Crippen molar-refractivity contribution in [3.63, 3.8) is 0 Å². The molecule has 0 saturated heterocycles. The Kier molecular flexibility index (Phi) is 5.42. The first kappa shape index (κ1) is 16.8. The van der Waals surface area contributed by atoms with E-state index in [0.29, 0.717) is 10.9 Å². The minimum absolute atomic E-state index is 0.000590. The Morgan fingerprint density at radius 2 is 2.05 bits per heavy atom. The van der Waals surface area contributed by atoms with Crippen molar-refractivity contribution in [3.05, 3.63) is 29.8 Å². The summed E-state index contributed by atoms with van der Waals surface area (Å²) >= 11 is 1.40. The van der Waals surface area contributed by atoms with Crippen LogP contribution in [0.2, 0.25) is 0 Å². The molecule has 22 heavy (non-hydrogen) atoms. The molecule has 120 valence electrons. The van der Waals surface area contributed by atoms with Gasteiger partial charge < -0.3 is 9.84 Å². The predicted octanol–water partition coefficient (Wildman–Crippen LogP) is 2.04. The van der Waals surface area contributed by atoms with Crippen molar-refractivity contribution >= 4 is 11.8 Å². The van der Waals surface area contributed by atoms with Gasteiger partial charge in [0.25, 0.3) is 0 Å². The molecule has 0 amide bonds. The lowest BCUT2D eigenvalue weighted by Crippen LogP contribution is -2.22. The van der Waals surface area contributed by atoms with E-state index in [4.69, 9.17) is 4.74 Å². The van der Waals surface area contributed by atoms with Gasteiger partial charge in [0.05, 0.1) is 6.10 Å². The minimum atomic E-state index is -0.588. The van der Waals surface area contributed by atoms with Crippen molar-refractivity contribution in [2.45, 2.75) is 37.4 Å². The summed E-state index contributed by atoms with van der Waals surface area (Å²) in [5, 5.41) is 21.9. The first-order valence-electron chi connectivity index (χ1n) is 7.13. The van der Waals surface area contributed by atoms with Gasteiger partial charge in [-0.25, -0.2) is 4.68 Å². The SMILES string of the molecule is Cn1nnnc1SCC(O)COc1ccccc1C(C)(C)C. The molecule has 1 unspecified atom stereocenters. The predicted molar refractivity (Wildman–Crippen MR) is 86.2 cm³/mol. The second kappa shape index (κ2) is 7.11. The molecule has 1 heterocycles. The van der Waals surface area contributed by atoms with Gasteiger partial charge in [-0.2, -0.15) is 0 Å². The van der Waals surface area contributed by atoms with Crippen LogP contribution in [0.3, 0.4) is 0 Å². The lowest BCUT2D eigenvalue weighted by atomic mass is 9.86. The molecule has 2 rings (SSSR count). The summed E-state index contributed by atoms with van der Waals surface area (Å²) in [7, 11) is 1.77. The van der Waals surface area contributed by atoms with E-state index in [1.165, 1.54) is 11.8 Å². The summed E-state index contributed by atoms with van der Waals surface area (Å²) in [4.78, 5) is 0. The van der Waals surface area contributed by atoms with Gasteiger partial charge in [0.15, 0.2) is 0 Å². The maximum atomic E-state index is 10.1. The molecule has 0 aliphatic carbocycles. The van der Waals surface area contributed by atoms with Crippen molar-refractivity contribution < 1.29 is 9.84 Å². The van der Waals surface area contributed by atoms with E-state index in [1.807, 2.05) is 18.2 Å². The average Bonchev–Trinajstić information content (AvgIpc) is 2.87. The molecule has 0 radical (unpaired) electrons. The monoisotopic (exact) mass is 322 g/mol. The van der Waals surface area contributed by atoms with Crippen LogP contribution in [0, 0.1) is 0 Å². The van der Waals surface area contributed by atoms with E-state index in [9.17, 15) is 5.11 Å². The molecule has 1 aromatic carbocycles. The molecular weight excluding hydrogens is 300 g/mol. The Balaban J connectivity index is 1.89. The smallest absolute Gasteiger partial charge is 0.209 e. The van der Waals surface area contributed by atoms with Crippen LogP contribution in [0.5, 0.6) is 5.75 Å². The van der Waals surface area contributed by atoms with Gasteiger partial charge in [-0.1, -0.05) is 50.7 Å². The lowest BCUT2D eigenvalue weighted by molar-refractivity contribution is 0.125. The number of aromatic nitrogens is 4. The molecule has 2 aromatic rings. The number of hydrogen-bond donors (Lipinski definition) is 1. The summed E-state index contributed by atoms with van der Waals surface area (Å²) in [6.07, 6.45) is -0.588. The third kappa shape index (κ3) is 4.45. The number of tetrazole rings is 1. The number of thioether (sulfide) groups is 1. The van der Waals surface area contributed by atoms with E-state index in [0.717, 1.165) is 11.3 Å². The molecule has 7 heteroatoms. The fourth-order valence-corrected chi connectivity index (χ4v) is 2.72. The Morgan fingerprint density at radius 1 is 1.32 bits per heavy atom. The topological polar surface area (TPSA) is 73.1 Å². The van der Waals surface area contributed by atoms with Crippen molar-refractivity contribution in [2.75, 3.05) is 12.4 Å². The molecular formula is C15H22N4O2S. The fourth-order valence-electron chi connectivity index (χ4n) is 1.96. The summed E-state index contributed by atoms with van der Waals surface area (Å²) in [5.41, 5.74) is 1.13. The van der Waals surface area contributed by atoms with Crippen LogP contribution in [0.25, 0.3) is 0 Å². The number of benzene rings is 1. The van der Waals surface area contributed by atoms with E-state index < -0.39 is 6.10 Å². The third-order valence-electron chi connectivity index (χ3n) is 3.11. The molecule has 0 aliphatic heterocycles. The molecule has 0 fully saturated rings. The van der Waals surface area contributed by atoms with Crippen LogP contribution >= 0.6 is 11.8 Å². The van der Waals surface area contributed by atoms with Gasteiger partial charge in [0, 0.05) is 12.8 Å². The van der Waals surface area contributed by atoms with Crippen molar-refractivity contribution in [1.29, 1.82) is 0 Å². The highest BCUT2D eigenvalue weighted by molar-refractivity contribution is 7.99. The van der Waals surface area contributed by atoms with Gasteiger partial charge in [-0.15, -0.1) is 5.10 Å². The van der Waals surface area contributed by atoms with E-state index in [2.05, 4.69) is 42.4 Å². The maximum Gasteiger partial charge on any atom is 0.209 e. The number of nitrogens with zero attached hydrogens (tertiary/aromatic N) is 4. The second-order valence-corrected chi connectivity index (χ2v) is 7.09. The van der Waals surface area contributed by atoms with E-state index >= 15 is 0 Å². The minimum Gasteiger partial charge on any atom is -0.491 e. The van der Waals surface area contributed by atoms with Gasteiger partial charge >= 0.3 is 0 Å². The highest BCUT2D eigenvalue weighted by Gasteiger charge is 2.19. The van der Waals surface area contributed by atoms with Crippen molar-refractivity contribution in [1.82, 2.24) is 20.2 Å². The van der Waals surface area contributed by atoms with Gasteiger partial charge in [0.2, 0.25) is 5.16 Å². The fraction of sp³-hybridized carbons (Fsp3) is 0.533. The average molecular weight is 322 g/mol. The molecule has 0 aliphatic rings. The summed E-state index contributed by atoms with van der Waals surface area (Å²) < 4.78 is 7.38. The van der Waals surface area contributed by atoms with Crippen LogP contribution in [-0.4, -0.2) is 43.8 Å². The third-order valence-corrected chi connectivity index (χ3v) is 4.27. The van der Waals surface area contributed by atoms with Crippen LogP contribution in [-0.2, 0) is 12.5 Å². The van der Waals surface area contributed by atoms with Crippen LogP contribution in [0.15, 0.2) is 29.4 Å². The van der Waals surface area contributed by atoms with Crippen LogP contribution in [0.4, 0.5) is 0 Å². The zero-order chi connectivity index (χ0) is 16.2. The number of ether oxygens (including phenoxy) is 1. The number of para-hydroxylation sites is 1. The molecule has 6 nitrogen and oxygen atoms in total. The van der Waals surface area contributed by atoms with Gasteiger partial charge in [0.1, 0.15) is 12.4 Å². The molecule has 1 N–H and O–H groups in total. The molecule has 1 atom stereocenters. The van der Waals surface area contributed by atoms with E-state index in [1.54, 1.807) is 11.7 Å². The molecule has 0 spiro atoms. The van der Waals surface area contributed by atoms with Crippen LogP contribution in [0.1, 0.15) is 26.3 Å². The Bertz CT molecular complexity index is 610. The summed E-state index contributed by atoms with van der Waals surface area (Å²) in [6, 6.07) is 7.94. The number of hydrogen-bond acceptors (Lipinski definition) is 6. The zero-order valence-electron chi connectivity index (χ0n) is 13.4. The Labute approximate surface area is 134 Å². The second-order valence-electron chi connectivity index (χ2n) is 6.11. The van der Waals surface area contributed by atoms with Gasteiger partial charge in [-0.3, -0.25) is 0 Å². The van der Waals surface area contributed by atoms with Gasteiger partial charge in [-0.05, 0) is 27.5 Å². The summed E-state index contributed by atoms with van der Waals surface area (Å²) in [6.45, 7) is 6.67. The highest BCUT2D eigenvalue weighted by atomic mass is 32.2. The molecule has 1 aromatic heterocycles. The number of aliphatic hydroxyl groups excluding tert-OH is 1. The lowest BCUT2D eigenvalue weighted by Gasteiger charge is -2.23. The Hall–Kier alpha value is -1.60. The largest absolute Gasteiger partial charge is 0.491 e.